The summed E-state index contributed by atoms with van der Waals surface area (Å²) in [5.74, 6) is -0.301. The van der Waals surface area contributed by atoms with Gasteiger partial charge in [0.25, 0.3) is 0 Å². The number of nitrogens with zero attached hydrogens (tertiary/aromatic N) is 1. The van der Waals surface area contributed by atoms with E-state index in [-0.39, 0.29) is 12.4 Å². The van der Waals surface area contributed by atoms with Crippen LogP contribution in [-0.4, -0.2) is 14.8 Å². The Kier molecular flexibility index (Phi) is 1.96. The van der Waals surface area contributed by atoms with Crippen LogP contribution in [0.3, 0.4) is 0 Å². The lowest BCUT2D eigenvalue weighted by atomic mass is 10.3. The number of pyridine rings is 1. The van der Waals surface area contributed by atoms with Gasteiger partial charge in [0.2, 0.25) is 5.43 Å². The Bertz CT molecular complexity index is 316. The van der Waals surface area contributed by atoms with E-state index < -0.39 is 5.43 Å². The molecule has 60 valence electrons. The van der Waals surface area contributed by atoms with Crippen molar-refractivity contribution in [1.82, 2.24) is 4.57 Å². The molecule has 0 aliphatic carbocycles. The highest BCUT2D eigenvalue weighted by molar-refractivity contribution is 5.19. The molecule has 2 N–H and O–H groups in total. The van der Waals surface area contributed by atoms with Gasteiger partial charge in [0, 0.05) is 25.0 Å². The average molecular weight is 155 g/mol. The van der Waals surface area contributed by atoms with Gasteiger partial charge in [-0.15, -0.1) is 0 Å². The van der Waals surface area contributed by atoms with Gasteiger partial charge in [-0.25, -0.2) is 0 Å². The third-order valence-electron chi connectivity index (χ3n) is 1.48. The lowest BCUT2D eigenvalue weighted by molar-refractivity contribution is 0.271. The second kappa shape index (κ2) is 2.75. The summed E-state index contributed by atoms with van der Waals surface area (Å²) < 4.78 is 1.50. The third kappa shape index (κ3) is 1.40. The van der Waals surface area contributed by atoms with E-state index in [1.807, 2.05) is 0 Å². The summed E-state index contributed by atoms with van der Waals surface area (Å²) >= 11 is 0. The van der Waals surface area contributed by atoms with E-state index in [1.54, 1.807) is 7.05 Å². The highest BCUT2D eigenvalue weighted by Crippen LogP contribution is 2.01. The largest absolute Gasteiger partial charge is 0.503 e. The van der Waals surface area contributed by atoms with Gasteiger partial charge >= 0.3 is 0 Å². The Morgan fingerprint density at radius 3 is 2.82 bits per heavy atom. The van der Waals surface area contributed by atoms with E-state index in [0.29, 0.717) is 5.69 Å². The van der Waals surface area contributed by atoms with Crippen LogP contribution in [0.15, 0.2) is 17.1 Å². The second-order valence-electron chi connectivity index (χ2n) is 2.28. The summed E-state index contributed by atoms with van der Waals surface area (Å²) in [7, 11) is 1.64. The highest BCUT2D eigenvalue weighted by atomic mass is 16.3. The number of rotatable bonds is 1. The lowest BCUT2D eigenvalue weighted by Gasteiger charge is -2.04. The molecule has 1 heterocycles. The fourth-order valence-corrected chi connectivity index (χ4v) is 0.814. The van der Waals surface area contributed by atoms with Crippen molar-refractivity contribution < 1.29 is 10.2 Å². The Morgan fingerprint density at radius 2 is 2.27 bits per heavy atom. The average Bonchev–Trinajstić information content (AvgIpc) is 1.97. The minimum absolute atomic E-state index is 0.202. The Labute approximate surface area is 63.3 Å². The van der Waals surface area contributed by atoms with Crippen molar-refractivity contribution in [3.05, 3.63) is 28.2 Å². The Morgan fingerprint density at radius 1 is 1.64 bits per heavy atom. The highest BCUT2D eigenvalue weighted by Gasteiger charge is 2.00. The first-order valence-electron chi connectivity index (χ1n) is 3.14. The van der Waals surface area contributed by atoms with Gasteiger partial charge in [0.05, 0.1) is 6.61 Å². The predicted octanol–water partition coefficient (Wildman–Crippen LogP) is -0.417. The zero-order chi connectivity index (χ0) is 8.43. The van der Waals surface area contributed by atoms with E-state index in [9.17, 15) is 4.79 Å². The van der Waals surface area contributed by atoms with Gasteiger partial charge in [-0.3, -0.25) is 4.79 Å². The van der Waals surface area contributed by atoms with Crippen LogP contribution in [0.25, 0.3) is 0 Å². The van der Waals surface area contributed by atoms with Crippen LogP contribution in [0.5, 0.6) is 5.75 Å². The van der Waals surface area contributed by atoms with Crippen LogP contribution < -0.4 is 5.43 Å². The van der Waals surface area contributed by atoms with Crippen LogP contribution >= 0.6 is 0 Å². The minimum atomic E-state index is -0.466. The zero-order valence-electron chi connectivity index (χ0n) is 6.11. The first-order valence-corrected chi connectivity index (χ1v) is 3.14. The molecule has 0 unspecified atom stereocenters. The standard InChI is InChI=1S/C7H9NO3/c1-8-3-7(11)6(10)2-5(8)4-9/h2-3,9,11H,4H2,1H3. The second-order valence-corrected chi connectivity index (χ2v) is 2.28. The zero-order valence-corrected chi connectivity index (χ0v) is 6.11. The molecule has 0 aromatic carbocycles. The maximum Gasteiger partial charge on any atom is 0.223 e. The van der Waals surface area contributed by atoms with Crippen molar-refractivity contribution in [3.63, 3.8) is 0 Å². The molecule has 0 aliphatic rings. The van der Waals surface area contributed by atoms with Crippen LogP contribution in [-0.2, 0) is 13.7 Å². The molecule has 0 bridgehead atoms. The van der Waals surface area contributed by atoms with Crippen LogP contribution in [0.4, 0.5) is 0 Å². The number of aryl methyl sites for hydroxylation is 1. The molecule has 1 aromatic heterocycles. The van der Waals surface area contributed by atoms with Gasteiger partial charge in [-0.2, -0.15) is 0 Å². The van der Waals surface area contributed by atoms with Crippen molar-refractivity contribution in [2.75, 3.05) is 0 Å². The topological polar surface area (TPSA) is 62.5 Å². The SMILES string of the molecule is Cn1cc(O)c(=O)cc1CO. The van der Waals surface area contributed by atoms with Gasteiger partial charge in [0.1, 0.15) is 0 Å². The Hall–Kier alpha value is -1.29. The van der Waals surface area contributed by atoms with Crippen molar-refractivity contribution in [2.24, 2.45) is 7.05 Å². The molecular formula is C7H9NO3. The van der Waals surface area contributed by atoms with Crippen molar-refractivity contribution >= 4 is 0 Å². The van der Waals surface area contributed by atoms with Gasteiger partial charge in [0.15, 0.2) is 5.75 Å². The molecule has 0 amide bonds. The molecule has 0 saturated heterocycles. The third-order valence-corrected chi connectivity index (χ3v) is 1.48. The summed E-state index contributed by atoms with van der Waals surface area (Å²) in [5.41, 5.74) is 0.0138. The number of aromatic hydroxyl groups is 1. The fourth-order valence-electron chi connectivity index (χ4n) is 0.814. The number of hydrogen-bond acceptors (Lipinski definition) is 3. The van der Waals surface area contributed by atoms with Crippen molar-refractivity contribution in [3.8, 4) is 5.75 Å². The molecule has 11 heavy (non-hydrogen) atoms. The molecular weight excluding hydrogens is 146 g/mol. The smallest absolute Gasteiger partial charge is 0.223 e. The van der Waals surface area contributed by atoms with Crippen molar-refractivity contribution in [1.29, 1.82) is 0 Å². The fraction of sp³-hybridized carbons (Fsp3) is 0.286. The van der Waals surface area contributed by atoms with Crippen LogP contribution in [0.2, 0.25) is 0 Å². The summed E-state index contributed by atoms with van der Waals surface area (Å²) in [6, 6.07) is 1.20. The summed E-state index contributed by atoms with van der Waals surface area (Å²) in [6.45, 7) is -0.202. The normalized spacial score (nSPS) is 10.0. The van der Waals surface area contributed by atoms with E-state index in [2.05, 4.69) is 0 Å². The van der Waals surface area contributed by atoms with Crippen LogP contribution in [0.1, 0.15) is 5.69 Å². The molecule has 0 spiro atoms. The van der Waals surface area contributed by atoms with Gasteiger partial charge in [-0.1, -0.05) is 0 Å². The van der Waals surface area contributed by atoms with Crippen molar-refractivity contribution in [2.45, 2.75) is 6.61 Å². The monoisotopic (exact) mass is 155 g/mol. The number of aliphatic hydroxyl groups excluding tert-OH is 1. The van der Waals surface area contributed by atoms with E-state index in [4.69, 9.17) is 10.2 Å². The molecule has 0 atom stereocenters. The molecule has 0 fully saturated rings. The maximum atomic E-state index is 10.8. The molecule has 1 aromatic rings. The Balaban J connectivity index is 3.32. The number of aliphatic hydroxyl groups is 1. The number of aromatic nitrogens is 1. The molecule has 0 saturated carbocycles. The quantitative estimate of drug-likeness (QED) is 0.579. The number of hydrogen-bond donors (Lipinski definition) is 2. The minimum Gasteiger partial charge on any atom is -0.503 e. The maximum absolute atomic E-state index is 10.8. The molecule has 4 nitrogen and oxygen atoms in total. The summed E-state index contributed by atoms with van der Waals surface area (Å²) in [5, 5.41) is 17.6. The first-order chi connectivity index (χ1) is 5.15. The summed E-state index contributed by atoms with van der Waals surface area (Å²) in [6.07, 6.45) is 1.27. The van der Waals surface area contributed by atoms with E-state index in [1.165, 1.54) is 16.8 Å². The van der Waals surface area contributed by atoms with Gasteiger partial charge < -0.3 is 14.8 Å². The first kappa shape index (κ1) is 7.81. The van der Waals surface area contributed by atoms with Crippen LogP contribution in [0, 0.1) is 0 Å². The lowest BCUT2D eigenvalue weighted by Crippen LogP contribution is -2.08. The van der Waals surface area contributed by atoms with E-state index in [0.717, 1.165) is 0 Å². The molecule has 1 rings (SSSR count). The van der Waals surface area contributed by atoms with E-state index >= 15 is 0 Å². The molecule has 0 radical (unpaired) electrons. The summed E-state index contributed by atoms with van der Waals surface area (Å²) in [4.78, 5) is 10.8. The molecule has 0 aliphatic heterocycles. The van der Waals surface area contributed by atoms with Gasteiger partial charge in [-0.05, 0) is 0 Å². The molecule has 4 heteroatoms. The predicted molar refractivity (Wildman–Crippen MR) is 39.3 cm³/mol.